The number of quaternary nitrogens is 1. The van der Waals surface area contributed by atoms with Crippen molar-refractivity contribution >= 4 is 7.60 Å². The molecule has 6 heteroatoms. The topological polar surface area (TPSA) is 35.5 Å². The van der Waals surface area contributed by atoms with Crippen molar-refractivity contribution in [2.45, 2.75) is 53.8 Å². The van der Waals surface area contributed by atoms with Crippen LogP contribution in [-0.2, 0) is 13.6 Å². The Morgan fingerprint density at radius 2 is 1.50 bits per heavy atom. The molecule has 0 saturated carbocycles. The summed E-state index contributed by atoms with van der Waals surface area (Å²) in [5.41, 5.74) is 0.993. The predicted octanol–water partition coefficient (Wildman–Crippen LogP) is 1.90. The zero-order chi connectivity index (χ0) is 18.9. The third kappa shape index (κ3) is 8.84. The van der Waals surface area contributed by atoms with Crippen LogP contribution in [0.25, 0.3) is 0 Å². The summed E-state index contributed by atoms with van der Waals surface area (Å²) in [5.74, 6) is 6.46. The fourth-order valence-corrected chi connectivity index (χ4v) is 5.33. The van der Waals surface area contributed by atoms with Gasteiger partial charge in [0.25, 0.3) is 0 Å². The fraction of sp³-hybridized carbons (Fsp3) is 0.600. The summed E-state index contributed by atoms with van der Waals surface area (Å²) in [6.45, 7) is 14.0. The lowest BCUT2D eigenvalue weighted by Crippen LogP contribution is -3.00. The van der Waals surface area contributed by atoms with Gasteiger partial charge in [-0.3, -0.25) is 4.57 Å². The van der Waals surface area contributed by atoms with E-state index in [0.717, 1.165) is 18.7 Å². The maximum absolute atomic E-state index is 13.3. The number of halogens is 1. The van der Waals surface area contributed by atoms with Crippen molar-refractivity contribution in [1.82, 2.24) is 0 Å². The minimum Gasteiger partial charge on any atom is -1.00 e. The third-order valence-corrected chi connectivity index (χ3v) is 6.41. The first-order valence-corrected chi connectivity index (χ1v) is 10.8. The third-order valence-electron chi connectivity index (χ3n) is 3.98. The summed E-state index contributed by atoms with van der Waals surface area (Å²) in [4.78, 5) is 0. The molecule has 0 N–H and O–H groups in total. The molecule has 0 bridgehead atoms. The molecule has 148 valence electrons. The molecular weight excluding hydrogens is 413 g/mol. The lowest BCUT2D eigenvalue weighted by molar-refractivity contribution is -0.908. The van der Waals surface area contributed by atoms with E-state index in [2.05, 4.69) is 25.7 Å². The highest BCUT2D eigenvalue weighted by Crippen LogP contribution is 2.52. The van der Waals surface area contributed by atoms with Crippen LogP contribution in [0.1, 0.15) is 47.1 Å². The van der Waals surface area contributed by atoms with E-state index in [4.69, 9.17) is 9.05 Å². The molecule has 0 aliphatic carbocycles. The SMILES string of the molecule is CC[N+](CC)(CC#Cc1ccccc1)CP(=O)(OC(C)C)OC(C)C.[Br-]. The van der Waals surface area contributed by atoms with Crippen LogP contribution >= 0.6 is 7.60 Å². The normalized spacial score (nSPS) is 11.8. The van der Waals surface area contributed by atoms with Crippen molar-refractivity contribution in [2.24, 2.45) is 0 Å². The molecule has 0 aliphatic rings. The molecule has 1 aromatic rings. The molecule has 0 aromatic heterocycles. The average molecular weight is 446 g/mol. The van der Waals surface area contributed by atoms with Gasteiger partial charge < -0.3 is 30.5 Å². The summed E-state index contributed by atoms with van der Waals surface area (Å²) in [6, 6.07) is 9.93. The van der Waals surface area contributed by atoms with E-state index >= 15 is 0 Å². The van der Waals surface area contributed by atoms with Crippen molar-refractivity contribution < 1.29 is 35.1 Å². The molecule has 0 heterocycles. The first kappa shape index (κ1) is 25.4. The lowest BCUT2D eigenvalue weighted by atomic mass is 10.2. The smallest absolute Gasteiger partial charge is 0.385 e. The fourth-order valence-electron chi connectivity index (χ4n) is 2.63. The van der Waals surface area contributed by atoms with Gasteiger partial charge in [0.2, 0.25) is 0 Å². The van der Waals surface area contributed by atoms with Crippen LogP contribution in [0.2, 0.25) is 0 Å². The van der Waals surface area contributed by atoms with Crippen LogP contribution < -0.4 is 17.0 Å². The Hall–Kier alpha value is -0.630. The maximum Gasteiger partial charge on any atom is 0.385 e. The summed E-state index contributed by atoms with van der Waals surface area (Å²) in [5, 5.41) is 0. The zero-order valence-corrected chi connectivity index (χ0v) is 19.3. The van der Waals surface area contributed by atoms with E-state index in [1.807, 2.05) is 58.0 Å². The highest BCUT2D eigenvalue weighted by Gasteiger charge is 2.39. The lowest BCUT2D eigenvalue weighted by Gasteiger charge is -2.37. The van der Waals surface area contributed by atoms with Crippen LogP contribution in [0.3, 0.4) is 0 Å². The van der Waals surface area contributed by atoms with Crippen molar-refractivity contribution in [1.29, 1.82) is 0 Å². The largest absolute Gasteiger partial charge is 1.00 e. The number of rotatable bonds is 9. The van der Waals surface area contributed by atoms with Gasteiger partial charge in [0.15, 0.2) is 6.29 Å². The highest BCUT2D eigenvalue weighted by molar-refractivity contribution is 7.53. The van der Waals surface area contributed by atoms with Gasteiger partial charge >= 0.3 is 7.60 Å². The minimum absolute atomic E-state index is 0. The second kappa shape index (κ2) is 12.0. The van der Waals surface area contributed by atoms with Crippen molar-refractivity contribution in [3.8, 4) is 11.8 Å². The molecule has 1 aromatic carbocycles. The molecule has 4 nitrogen and oxygen atoms in total. The quantitative estimate of drug-likeness (QED) is 0.330. The summed E-state index contributed by atoms with van der Waals surface area (Å²) in [7, 11) is -3.19. The van der Waals surface area contributed by atoms with Crippen LogP contribution in [0.15, 0.2) is 30.3 Å². The van der Waals surface area contributed by atoms with Crippen LogP contribution in [0, 0.1) is 11.8 Å². The van der Waals surface area contributed by atoms with Gasteiger partial charge in [-0.15, -0.1) is 0 Å². The standard InChI is InChI=1S/C20H33NO3P.BrH/c1-7-21(8-2,16-12-15-20-13-10-9-11-14-20)17-25(22,23-18(3)4)24-19(5)6;/h9-11,13-14,18-19H,7-8,16-17H2,1-6H3;1H/q+1;/p-1. The Morgan fingerprint density at radius 3 is 1.92 bits per heavy atom. The van der Waals surface area contributed by atoms with Gasteiger partial charge in [-0.1, -0.05) is 24.1 Å². The molecule has 0 aliphatic heterocycles. The minimum atomic E-state index is -3.19. The van der Waals surface area contributed by atoms with E-state index in [1.165, 1.54) is 0 Å². The van der Waals surface area contributed by atoms with E-state index < -0.39 is 7.60 Å². The highest BCUT2D eigenvalue weighted by atomic mass is 79.9. The van der Waals surface area contributed by atoms with Crippen molar-refractivity contribution in [3.05, 3.63) is 35.9 Å². The average Bonchev–Trinajstić information content (AvgIpc) is 2.53. The van der Waals surface area contributed by atoms with Gasteiger partial charge in [-0.05, 0) is 59.6 Å². The molecule has 0 fully saturated rings. The second-order valence-corrected chi connectivity index (χ2v) is 8.79. The molecule has 1 rings (SSSR count). The Labute approximate surface area is 170 Å². The van der Waals surface area contributed by atoms with E-state index in [9.17, 15) is 4.57 Å². The van der Waals surface area contributed by atoms with Gasteiger partial charge in [0.05, 0.1) is 25.3 Å². The Morgan fingerprint density at radius 1 is 1.00 bits per heavy atom. The van der Waals surface area contributed by atoms with Gasteiger partial charge in [-0.2, -0.15) is 0 Å². The molecule has 0 amide bonds. The van der Waals surface area contributed by atoms with Gasteiger partial charge in [0, 0.05) is 5.56 Å². The van der Waals surface area contributed by atoms with Crippen LogP contribution in [0.4, 0.5) is 0 Å². The Balaban J connectivity index is 0.00000625. The maximum atomic E-state index is 13.3. The summed E-state index contributed by atoms with van der Waals surface area (Å²) in [6.07, 6.45) is 0.0611. The Bertz CT molecular complexity index is 605. The zero-order valence-electron chi connectivity index (χ0n) is 16.9. The molecular formula is C20H33BrNO3P. The molecule has 0 spiro atoms. The van der Waals surface area contributed by atoms with E-state index in [-0.39, 0.29) is 29.2 Å². The summed E-state index contributed by atoms with van der Waals surface area (Å²) >= 11 is 0. The molecule has 0 atom stereocenters. The first-order valence-electron chi connectivity index (χ1n) is 9.09. The van der Waals surface area contributed by atoms with E-state index in [1.54, 1.807) is 0 Å². The van der Waals surface area contributed by atoms with Crippen molar-refractivity contribution in [2.75, 3.05) is 25.9 Å². The molecule has 0 radical (unpaired) electrons. The summed E-state index contributed by atoms with van der Waals surface area (Å²) < 4.78 is 25.4. The first-order chi connectivity index (χ1) is 11.7. The monoisotopic (exact) mass is 445 g/mol. The predicted molar refractivity (Wildman–Crippen MR) is 104 cm³/mol. The number of benzene rings is 1. The van der Waals surface area contributed by atoms with Gasteiger partial charge in [0.1, 0.15) is 6.54 Å². The molecule has 0 unspecified atom stereocenters. The van der Waals surface area contributed by atoms with E-state index in [0.29, 0.717) is 17.3 Å². The second-order valence-electron chi connectivity index (χ2n) is 6.86. The Kier molecular flexibility index (Phi) is 11.7. The number of nitrogens with zero attached hydrogens (tertiary/aromatic N) is 1. The van der Waals surface area contributed by atoms with Crippen LogP contribution in [0.5, 0.6) is 0 Å². The number of hydrogen-bond donors (Lipinski definition) is 0. The van der Waals surface area contributed by atoms with Gasteiger partial charge in [-0.25, -0.2) is 0 Å². The van der Waals surface area contributed by atoms with Crippen LogP contribution in [-0.4, -0.2) is 42.6 Å². The van der Waals surface area contributed by atoms with Crippen molar-refractivity contribution in [3.63, 3.8) is 0 Å². The number of hydrogen-bond acceptors (Lipinski definition) is 3. The molecule has 0 saturated heterocycles. The molecule has 26 heavy (non-hydrogen) atoms.